The van der Waals surface area contributed by atoms with Gasteiger partial charge < -0.3 is 10.1 Å². The minimum atomic E-state index is 0.788. The Morgan fingerprint density at radius 1 is 1.00 bits per heavy atom. The lowest BCUT2D eigenvalue weighted by molar-refractivity contribution is 0.167. The second-order valence-corrected chi connectivity index (χ2v) is 6.49. The summed E-state index contributed by atoms with van der Waals surface area (Å²) in [6.45, 7) is 2.13. The van der Waals surface area contributed by atoms with Crippen molar-refractivity contribution in [1.82, 2.24) is 5.32 Å². The van der Waals surface area contributed by atoms with Crippen molar-refractivity contribution in [3.8, 4) is 0 Å². The Bertz CT molecular complexity index is 213. The van der Waals surface area contributed by atoms with E-state index in [1.165, 1.54) is 77.2 Å². The fraction of sp³-hybridized carbons (Fsp3) is 1.00. The molecule has 0 heterocycles. The maximum absolute atomic E-state index is 5.07. The molecule has 0 aromatic carbocycles. The molecule has 2 nitrogen and oxygen atoms in total. The summed E-state index contributed by atoms with van der Waals surface area (Å²) in [6.07, 6.45) is 15.7. The molecule has 2 aliphatic carbocycles. The van der Waals surface area contributed by atoms with Gasteiger partial charge in [-0.1, -0.05) is 12.8 Å². The highest BCUT2D eigenvalue weighted by molar-refractivity contribution is 4.91. The van der Waals surface area contributed by atoms with Gasteiger partial charge in [-0.05, 0) is 69.7 Å². The first-order valence-corrected chi connectivity index (χ1v) is 8.07. The molecule has 106 valence electrons. The van der Waals surface area contributed by atoms with Crippen molar-refractivity contribution in [1.29, 1.82) is 0 Å². The Morgan fingerprint density at radius 3 is 2.39 bits per heavy atom. The van der Waals surface area contributed by atoms with Crippen LogP contribution in [-0.4, -0.2) is 26.3 Å². The minimum absolute atomic E-state index is 0.788. The number of hydrogen-bond donors (Lipinski definition) is 1. The smallest absolute Gasteiger partial charge is 0.0462 e. The van der Waals surface area contributed by atoms with Gasteiger partial charge >= 0.3 is 0 Å². The highest BCUT2D eigenvalue weighted by Crippen LogP contribution is 2.48. The van der Waals surface area contributed by atoms with E-state index in [4.69, 9.17) is 4.74 Å². The minimum Gasteiger partial charge on any atom is -0.385 e. The predicted molar refractivity (Wildman–Crippen MR) is 76.9 cm³/mol. The summed E-state index contributed by atoms with van der Waals surface area (Å²) in [6, 6.07) is 0.818. The molecule has 2 rings (SSSR count). The van der Waals surface area contributed by atoms with Crippen LogP contribution in [0.2, 0.25) is 0 Å². The van der Waals surface area contributed by atoms with Crippen LogP contribution in [0.5, 0.6) is 0 Å². The summed E-state index contributed by atoms with van der Waals surface area (Å²) >= 11 is 0. The van der Waals surface area contributed by atoms with Crippen LogP contribution in [0.15, 0.2) is 0 Å². The Labute approximate surface area is 113 Å². The predicted octanol–water partition coefficient (Wildman–Crippen LogP) is 3.90. The maximum Gasteiger partial charge on any atom is 0.0462 e. The van der Waals surface area contributed by atoms with Crippen LogP contribution < -0.4 is 5.32 Å². The summed E-state index contributed by atoms with van der Waals surface area (Å²) in [5, 5.41) is 3.76. The molecule has 0 aliphatic heterocycles. The largest absolute Gasteiger partial charge is 0.385 e. The van der Waals surface area contributed by atoms with Crippen LogP contribution in [0.4, 0.5) is 0 Å². The van der Waals surface area contributed by atoms with Crippen molar-refractivity contribution in [2.45, 2.75) is 76.7 Å². The Morgan fingerprint density at radius 2 is 1.72 bits per heavy atom. The zero-order chi connectivity index (χ0) is 12.7. The maximum atomic E-state index is 5.07. The number of rotatable bonds is 7. The van der Waals surface area contributed by atoms with Crippen LogP contribution in [0, 0.1) is 5.41 Å². The quantitative estimate of drug-likeness (QED) is 0.695. The molecule has 18 heavy (non-hydrogen) atoms. The number of methoxy groups -OCH3 is 1. The lowest BCUT2D eigenvalue weighted by Crippen LogP contribution is -2.37. The SMILES string of the molecule is COCCCCCNC1CCC2(CCCC2)CC1. The fourth-order valence-corrected chi connectivity index (χ4v) is 3.91. The number of unbranched alkanes of at least 4 members (excludes halogenated alkanes) is 2. The molecular formula is C16H31NO. The van der Waals surface area contributed by atoms with Gasteiger partial charge in [0.05, 0.1) is 0 Å². The van der Waals surface area contributed by atoms with E-state index in [1.54, 1.807) is 7.11 Å². The van der Waals surface area contributed by atoms with Gasteiger partial charge in [0.25, 0.3) is 0 Å². The molecule has 1 spiro atoms. The van der Waals surface area contributed by atoms with E-state index in [1.807, 2.05) is 0 Å². The Kier molecular flexibility index (Phi) is 5.97. The van der Waals surface area contributed by atoms with Crippen molar-refractivity contribution >= 4 is 0 Å². The van der Waals surface area contributed by atoms with Gasteiger partial charge in [0, 0.05) is 19.8 Å². The summed E-state index contributed by atoms with van der Waals surface area (Å²) in [5.41, 5.74) is 0.788. The molecule has 2 heteroatoms. The Hall–Kier alpha value is -0.0800. The number of nitrogens with one attached hydrogen (secondary N) is 1. The fourth-order valence-electron chi connectivity index (χ4n) is 3.91. The first-order valence-electron chi connectivity index (χ1n) is 8.07. The van der Waals surface area contributed by atoms with E-state index in [0.717, 1.165) is 18.1 Å². The topological polar surface area (TPSA) is 21.3 Å². The summed E-state index contributed by atoms with van der Waals surface area (Å²) in [4.78, 5) is 0. The van der Waals surface area contributed by atoms with Crippen molar-refractivity contribution in [3.05, 3.63) is 0 Å². The van der Waals surface area contributed by atoms with Crippen LogP contribution in [0.3, 0.4) is 0 Å². The van der Waals surface area contributed by atoms with Gasteiger partial charge in [0.15, 0.2) is 0 Å². The second-order valence-electron chi connectivity index (χ2n) is 6.49. The molecule has 0 radical (unpaired) electrons. The lowest BCUT2D eigenvalue weighted by atomic mass is 9.71. The van der Waals surface area contributed by atoms with E-state index in [-0.39, 0.29) is 0 Å². The summed E-state index contributed by atoms with van der Waals surface area (Å²) in [7, 11) is 1.79. The van der Waals surface area contributed by atoms with E-state index >= 15 is 0 Å². The second kappa shape index (κ2) is 7.49. The average Bonchev–Trinajstić information content (AvgIpc) is 2.85. The van der Waals surface area contributed by atoms with E-state index in [9.17, 15) is 0 Å². The third-order valence-electron chi connectivity index (χ3n) is 5.17. The van der Waals surface area contributed by atoms with E-state index < -0.39 is 0 Å². The van der Waals surface area contributed by atoms with Gasteiger partial charge in [-0.3, -0.25) is 0 Å². The van der Waals surface area contributed by atoms with Gasteiger partial charge in [-0.2, -0.15) is 0 Å². The molecular weight excluding hydrogens is 222 g/mol. The molecule has 0 saturated heterocycles. The third-order valence-corrected chi connectivity index (χ3v) is 5.17. The van der Waals surface area contributed by atoms with E-state index in [2.05, 4.69) is 5.32 Å². The molecule has 2 fully saturated rings. The first-order chi connectivity index (χ1) is 8.85. The zero-order valence-electron chi connectivity index (χ0n) is 12.2. The zero-order valence-corrected chi connectivity index (χ0v) is 12.2. The standard InChI is InChI=1S/C16H31NO/c1-18-14-6-2-5-13-17-15-7-11-16(12-8-15)9-3-4-10-16/h15,17H,2-14H2,1H3. The summed E-state index contributed by atoms with van der Waals surface area (Å²) in [5.74, 6) is 0. The monoisotopic (exact) mass is 253 g/mol. The van der Waals surface area contributed by atoms with E-state index in [0.29, 0.717) is 0 Å². The molecule has 0 aromatic rings. The molecule has 0 atom stereocenters. The van der Waals surface area contributed by atoms with Crippen molar-refractivity contribution in [3.63, 3.8) is 0 Å². The van der Waals surface area contributed by atoms with Crippen LogP contribution in [0.25, 0.3) is 0 Å². The molecule has 0 unspecified atom stereocenters. The molecule has 2 aliphatic rings. The molecule has 1 N–H and O–H groups in total. The number of ether oxygens (including phenoxy) is 1. The first kappa shape index (κ1) is 14.3. The van der Waals surface area contributed by atoms with Gasteiger partial charge in [-0.15, -0.1) is 0 Å². The Balaban J connectivity index is 1.51. The third kappa shape index (κ3) is 4.24. The lowest BCUT2D eigenvalue weighted by Gasteiger charge is -2.37. The van der Waals surface area contributed by atoms with Gasteiger partial charge in [-0.25, -0.2) is 0 Å². The van der Waals surface area contributed by atoms with Gasteiger partial charge in [0.1, 0.15) is 0 Å². The summed E-state index contributed by atoms with van der Waals surface area (Å²) < 4.78 is 5.07. The average molecular weight is 253 g/mol. The number of hydrogen-bond acceptors (Lipinski definition) is 2. The molecule has 0 aromatic heterocycles. The van der Waals surface area contributed by atoms with Crippen molar-refractivity contribution in [2.75, 3.05) is 20.3 Å². The van der Waals surface area contributed by atoms with Crippen LogP contribution >= 0.6 is 0 Å². The van der Waals surface area contributed by atoms with Crippen LogP contribution in [0.1, 0.15) is 70.6 Å². The highest BCUT2D eigenvalue weighted by Gasteiger charge is 2.37. The van der Waals surface area contributed by atoms with Gasteiger partial charge in [0.2, 0.25) is 0 Å². The van der Waals surface area contributed by atoms with Crippen molar-refractivity contribution < 1.29 is 4.74 Å². The van der Waals surface area contributed by atoms with Crippen LogP contribution in [-0.2, 0) is 4.74 Å². The van der Waals surface area contributed by atoms with Crippen molar-refractivity contribution in [2.24, 2.45) is 5.41 Å². The normalized spacial score (nSPS) is 23.8. The molecule has 0 amide bonds. The highest BCUT2D eigenvalue weighted by atomic mass is 16.5. The molecule has 0 bridgehead atoms. The molecule has 2 saturated carbocycles.